The standard InChI is InChI=1S/C19H26N2O4/c1-24-17-7-3-2-5-14(17)8-9-20-19(23)15-11-18(22)21(12-15)13-16-6-4-10-25-16/h2-3,5,7,15-16H,4,6,8-13H2,1H3,(H,20,23). The number of benzene rings is 1. The molecule has 1 N–H and O–H groups in total. The Balaban J connectivity index is 1.44. The number of hydrogen-bond acceptors (Lipinski definition) is 4. The first kappa shape index (κ1) is 17.7. The zero-order chi connectivity index (χ0) is 17.6. The van der Waals surface area contributed by atoms with Gasteiger partial charge in [0, 0.05) is 32.7 Å². The van der Waals surface area contributed by atoms with Crippen molar-refractivity contribution in [1.82, 2.24) is 10.2 Å². The number of para-hydroxylation sites is 1. The molecule has 2 fully saturated rings. The molecule has 2 saturated heterocycles. The van der Waals surface area contributed by atoms with Crippen LogP contribution in [-0.4, -0.2) is 56.2 Å². The Kier molecular flexibility index (Phi) is 5.91. The first-order valence-corrected chi connectivity index (χ1v) is 8.96. The fourth-order valence-electron chi connectivity index (χ4n) is 3.53. The SMILES string of the molecule is COc1ccccc1CCNC(=O)C1CC(=O)N(CC2CCCO2)C1. The van der Waals surface area contributed by atoms with E-state index in [2.05, 4.69) is 5.32 Å². The van der Waals surface area contributed by atoms with Crippen molar-refractivity contribution in [3.8, 4) is 5.75 Å². The second-order valence-electron chi connectivity index (χ2n) is 6.69. The van der Waals surface area contributed by atoms with Gasteiger partial charge in [0.15, 0.2) is 0 Å². The molecule has 2 aliphatic heterocycles. The second kappa shape index (κ2) is 8.34. The van der Waals surface area contributed by atoms with Crippen molar-refractivity contribution in [3.63, 3.8) is 0 Å². The Bertz CT molecular complexity index is 613. The van der Waals surface area contributed by atoms with Crippen molar-refractivity contribution in [1.29, 1.82) is 0 Å². The first-order chi connectivity index (χ1) is 12.2. The first-order valence-electron chi connectivity index (χ1n) is 8.96. The Labute approximate surface area is 148 Å². The summed E-state index contributed by atoms with van der Waals surface area (Å²) in [7, 11) is 1.64. The lowest BCUT2D eigenvalue weighted by molar-refractivity contribution is -0.129. The van der Waals surface area contributed by atoms with Crippen molar-refractivity contribution < 1.29 is 19.1 Å². The van der Waals surface area contributed by atoms with Crippen LogP contribution in [0, 0.1) is 5.92 Å². The van der Waals surface area contributed by atoms with Crippen LogP contribution < -0.4 is 10.1 Å². The molecule has 136 valence electrons. The van der Waals surface area contributed by atoms with Crippen LogP contribution in [0.15, 0.2) is 24.3 Å². The van der Waals surface area contributed by atoms with E-state index in [0.717, 1.165) is 30.8 Å². The van der Waals surface area contributed by atoms with Crippen LogP contribution in [0.1, 0.15) is 24.8 Å². The van der Waals surface area contributed by atoms with Gasteiger partial charge >= 0.3 is 0 Å². The molecule has 0 aromatic heterocycles. The zero-order valence-electron chi connectivity index (χ0n) is 14.7. The molecule has 3 rings (SSSR count). The summed E-state index contributed by atoms with van der Waals surface area (Å²) in [6.07, 6.45) is 3.19. The van der Waals surface area contributed by atoms with Crippen molar-refractivity contribution >= 4 is 11.8 Å². The predicted octanol–water partition coefficient (Wildman–Crippen LogP) is 1.38. The van der Waals surface area contributed by atoms with Gasteiger partial charge in [-0.3, -0.25) is 9.59 Å². The highest BCUT2D eigenvalue weighted by molar-refractivity contribution is 5.89. The number of carbonyl (C=O) groups excluding carboxylic acids is 2. The van der Waals surface area contributed by atoms with Crippen LogP contribution in [-0.2, 0) is 20.7 Å². The monoisotopic (exact) mass is 346 g/mol. The summed E-state index contributed by atoms with van der Waals surface area (Å²) < 4.78 is 10.9. The topological polar surface area (TPSA) is 67.9 Å². The maximum Gasteiger partial charge on any atom is 0.225 e. The molecule has 0 spiro atoms. The van der Waals surface area contributed by atoms with E-state index in [1.807, 2.05) is 24.3 Å². The maximum atomic E-state index is 12.4. The number of ether oxygens (including phenoxy) is 2. The van der Waals surface area contributed by atoms with Crippen LogP contribution in [0.5, 0.6) is 5.75 Å². The predicted molar refractivity (Wildman–Crippen MR) is 93.4 cm³/mol. The minimum absolute atomic E-state index is 0.0434. The molecule has 1 aromatic rings. The Morgan fingerprint density at radius 3 is 3.00 bits per heavy atom. The molecule has 6 heteroatoms. The van der Waals surface area contributed by atoms with Gasteiger partial charge in [0.2, 0.25) is 11.8 Å². The van der Waals surface area contributed by atoms with E-state index in [4.69, 9.17) is 9.47 Å². The van der Waals surface area contributed by atoms with Gasteiger partial charge < -0.3 is 19.7 Å². The van der Waals surface area contributed by atoms with E-state index in [1.54, 1.807) is 12.0 Å². The van der Waals surface area contributed by atoms with Gasteiger partial charge in [0.25, 0.3) is 0 Å². The van der Waals surface area contributed by atoms with Gasteiger partial charge in [-0.05, 0) is 30.9 Å². The fourth-order valence-corrected chi connectivity index (χ4v) is 3.53. The second-order valence-corrected chi connectivity index (χ2v) is 6.69. The largest absolute Gasteiger partial charge is 0.496 e. The van der Waals surface area contributed by atoms with Crippen LogP contribution >= 0.6 is 0 Å². The van der Waals surface area contributed by atoms with E-state index >= 15 is 0 Å². The molecular weight excluding hydrogens is 320 g/mol. The molecule has 2 atom stereocenters. The number of likely N-dealkylation sites (tertiary alicyclic amines) is 1. The molecule has 2 aliphatic rings. The lowest BCUT2D eigenvalue weighted by Gasteiger charge is -2.20. The summed E-state index contributed by atoms with van der Waals surface area (Å²) in [4.78, 5) is 26.3. The van der Waals surface area contributed by atoms with E-state index in [0.29, 0.717) is 32.5 Å². The van der Waals surface area contributed by atoms with Crippen LogP contribution in [0.3, 0.4) is 0 Å². The maximum absolute atomic E-state index is 12.4. The van der Waals surface area contributed by atoms with Gasteiger partial charge in [0.1, 0.15) is 5.75 Å². The fraction of sp³-hybridized carbons (Fsp3) is 0.579. The zero-order valence-corrected chi connectivity index (χ0v) is 14.7. The molecule has 2 unspecified atom stereocenters. The molecule has 6 nitrogen and oxygen atoms in total. The summed E-state index contributed by atoms with van der Waals surface area (Å²) in [5, 5.41) is 2.95. The number of nitrogens with zero attached hydrogens (tertiary/aromatic N) is 1. The average Bonchev–Trinajstić information content (AvgIpc) is 3.26. The minimum atomic E-state index is -0.258. The molecule has 0 bridgehead atoms. The summed E-state index contributed by atoms with van der Waals surface area (Å²) in [6.45, 7) is 2.43. The summed E-state index contributed by atoms with van der Waals surface area (Å²) in [5.41, 5.74) is 1.06. The summed E-state index contributed by atoms with van der Waals surface area (Å²) >= 11 is 0. The number of methoxy groups -OCH3 is 1. The van der Waals surface area contributed by atoms with Crippen molar-refractivity contribution in [2.75, 3.05) is 33.4 Å². The Morgan fingerprint density at radius 2 is 2.24 bits per heavy atom. The highest BCUT2D eigenvalue weighted by Gasteiger charge is 2.35. The molecule has 0 aliphatic carbocycles. The quantitative estimate of drug-likeness (QED) is 0.810. The molecule has 0 radical (unpaired) electrons. The summed E-state index contributed by atoms with van der Waals surface area (Å²) in [6, 6.07) is 7.79. The molecule has 1 aromatic carbocycles. The highest BCUT2D eigenvalue weighted by Crippen LogP contribution is 2.22. The lowest BCUT2D eigenvalue weighted by Crippen LogP contribution is -2.36. The third kappa shape index (κ3) is 4.51. The number of amides is 2. The van der Waals surface area contributed by atoms with E-state index in [9.17, 15) is 9.59 Å². The third-order valence-electron chi connectivity index (χ3n) is 4.92. The molecular formula is C19H26N2O4. The van der Waals surface area contributed by atoms with Gasteiger partial charge in [-0.15, -0.1) is 0 Å². The molecule has 25 heavy (non-hydrogen) atoms. The van der Waals surface area contributed by atoms with E-state index in [-0.39, 0.29) is 23.8 Å². The number of hydrogen-bond donors (Lipinski definition) is 1. The smallest absolute Gasteiger partial charge is 0.225 e. The Hall–Kier alpha value is -2.08. The average molecular weight is 346 g/mol. The highest BCUT2D eigenvalue weighted by atomic mass is 16.5. The van der Waals surface area contributed by atoms with Crippen LogP contribution in [0.2, 0.25) is 0 Å². The van der Waals surface area contributed by atoms with Gasteiger partial charge in [-0.1, -0.05) is 18.2 Å². The molecule has 2 heterocycles. The van der Waals surface area contributed by atoms with Crippen molar-refractivity contribution in [2.45, 2.75) is 31.8 Å². The van der Waals surface area contributed by atoms with Gasteiger partial charge in [-0.25, -0.2) is 0 Å². The van der Waals surface area contributed by atoms with E-state index < -0.39 is 0 Å². The van der Waals surface area contributed by atoms with Crippen molar-refractivity contribution in [3.05, 3.63) is 29.8 Å². The minimum Gasteiger partial charge on any atom is -0.496 e. The van der Waals surface area contributed by atoms with Gasteiger partial charge in [-0.2, -0.15) is 0 Å². The third-order valence-corrected chi connectivity index (χ3v) is 4.92. The lowest BCUT2D eigenvalue weighted by atomic mass is 10.1. The number of carbonyl (C=O) groups is 2. The summed E-state index contributed by atoms with van der Waals surface area (Å²) in [5.74, 6) is 0.584. The molecule has 0 saturated carbocycles. The van der Waals surface area contributed by atoms with Crippen molar-refractivity contribution in [2.24, 2.45) is 5.92 Å². The Morgan fingerprint density at radius 1 is 1.40 bits per heavy atom. The molecule has 2 amide bonds. The number of rotatable bonds is 7. The van der Waals surface area contributed by atoms with Gasteiger partial charge in [0.05, 0.1) is 19.1 Å². The number of nitrogens with one attached hydrogen (secondary N) is 1. The van der Waals surface area contributed by atoms with E-state index in [1.165, 1.54) is 0 Å². The van der Waals surface area contributed by atoms with Crippen LogP contribution in [0.25, 0.3) is 0 Å². The van der Waals surface area contributed by atoms with Crippen LogP contribution in [0.4, 0.5) is 0 Å². The normalized spacial score (nSPS) is 23.1.